The predicted octanol–water partition coefficient (Wildman–Crippen LogP) is 5.10. The zero-order chi connectivity index (χ0) is 20.6. The highest BCUT2D eigenvalue weighted by Crippen LogP contribution is 2.38. The largest absolute Gasteiger partial charge is 0.451 e. The predicted molar refractivity (Wildman–Crippen MR) is 97.4 cm³/mol. The standard InChI is InChI=1S/C19H13ClF3N5O/c20-12-8-25-18(26-9-12)29-15-6-11(7-24)5-14-16(15)13(4-3-10-1-2-10)27-17(28-14)19(21,22)23/h5-6,8-10H,1-4H2. The van der Waals surface area contributed by atoms with Gasteiger partial charge in [0.25, 0.3) is 0 Å². The van der Waals surface area contributed by atoms with Gasteiger partial charge >= 0.3 is 12.2 Å². The molecule has 6 nitrogen and oxygen atoms in total. The van der Waals surface area contributed by atoms with Gasteiger partial charge in [0.15, 0.2) is 0 Å². The van der Waals surface area contributed by atoms with Crippen LogP contribution in [0.4, 0.5) is 13.2 Å². The Morgan fingerprint density at radius 1 is 1.17 bits per heavy atom. The van der Waals surface area contributed by atoms with Crippen molar-refractivity contribution in [2.45, 2.75) is 31.9 Å². The van der Waals surface area contributed by atoms with Gasteiger partial charge in [-0.1, -0.05) is 24.4 Å². The molecule has 148 valence electrons. The van der Waals surface area contributed by atoms with E-state index in [9.17, 15) is 18.4 Å². The third-order valence-electron chi connectivity index (χ3n) is 4.50. The summed E-state index contributed by atoms with van der Waals surface area (Å²) in [5.74, 6) is -0.614. The number of hydrogen-bond donors (Lipinski definition) is 0. The van der Waals surface area contributed by atoms with Crippen molar-refractivity contribution in [2.75, 3.05) is 0 Å². The van der Waals surface area contributed by atoms with Crippen LogP contribution in [0.2, 0.25) is 5.02 Å². The first-order chi connectivity index (χ1) is 13.8. The number of alkyl halides is 3. The Balaban J connectivity index is 1.87. The molecule has 1 aliphatic carbocycles. The van der Waals surface area contributed by atoms with E-state index in [-0.39, 0.29) is 28.5 Å². The monoisotopic (exact) mass is 419 g/mol. The van der Waals surface area contributed by atoms with E-state index in [1.165, 1.54) is 24.5 Å². The summed E-state index contributed by atoms with van der Waals surface area (Å²) in [5, 5.41) is 9.91. The van der Waals surface area contributed by atoms with Crippen LogP contribution in [-0.2, 0) is 12.6 Å². The maximum atomic E-state index is 13.3. The number of halogens is 4. The molecule has 1 aliphatic rings. The van der Waals surface area contributed by atoms with E-state index in [0.29, 0.717) is 22.7 Å². The van der Waals surface area contributed by atoms with Gasteiger partial charge in [0.1, 0.15) is 5.75 Å². The van der Waals surface area contributed by atoms with E-state index in [1.807, 2.05) is 6.07 Å². The number of nitriles is 1. The normalized spacial score (nSPS) is 14.0. The summed E-state index contributed by atoms with van der Waals surface area (Å²) in [5.41, 5.74) is 0.310. The molecule has 0 atom stereocenters. The number of nitrogens with zero attached hydrogens (tertiary/aromatic N) is 5. The zero-order valence-corrected chi connectivity index (χ0v) is 15.6. The Bertz CT molecular complexity index is 1110. The third kappa shape index (κ3) is 4.38. The number of aromatic nitrogens is 4. The molecule has 0 bridgehead atoms. The lowest BCUT2D eigenvalue weighted by atomic mass is 10.0. The molecule has 0 spiro atoms. The molecule has 1 aromatic carbocycles. The van der Waals surface area contributed by atoms with Crippen LogP contribution in [0.5, 0.6) is 11.8 Å². The molecule has 2 aromatic heterocycles. The fraction of sp³-hybridized carbons (Fsp3) is 0.316. The molecule has 0 unspecified atom stereocenters. The second-order valence-corrected chi connectivity index (χ2v) is 7.18. The van der Waals surface area contributed by atoms with Gasteiger partial charge in [-0.15, -0.1) is 0 Å². The molecule has 10 heteroatoms. The molecule has 0 saturated heterocycles. The molecule has 0 radical (unpaired) electrons. The molecule has 1 fully saturated rings. The van der Waals surface area contributed by atoms with Gasteiger partial charge in [0.05, 0.1) is 45.6 Å². The highest BCUT2D eigenvalue weighted by Gasteiger charge is 2.36. The summed E-state index contributed by atoms with van der Waals surface area (Å²) in [6.07, 6.45) is 1.15. The first kappa shape index (κ1) is 19.3. The molecule has 1 saturated carbocycles. The van der Waals surface area contributed by atoms with Crippen LogP contribution in [0.25, 0.3) is 10.9 Å². The Labute approximate surface area is 168 Å². The fourth-order valence-corrected chi connectivity index (χ4v) is 3.05. The van der Waals surface area contributed by atoms with Crippen LogP contribution in [0.1, 0.15) is 36.3 Å². The van der Waals surface area contributed by atoms with E-state index in [4.69, 9.17) is 16.3 Å². The van der Waals surface area contributed by atoms with Crippen molar-refractivity contribution in [2.24, 2.45) is 5.92 Å². The van der Waals surface area contributed by atoms with Gasteiger partial charge in [-0.05, 0) is 30.9 Å². The van der Waals surface area contributed by atoms with E-state index in [0.717, 1.165) is 19.3 Å². The average molecular weight is 420 g/mol. The molecule has 2 heterocycles. The fourth-order valence-electron chi connectivity index (χ4n) is 2.95. The first-order valence-electron chi connectivity index (χ1n) is 8.81. The number of fused-ring (bicyclic) bond motifs is 1. The topological polar surface area (TPSA) is 84.6 Å². The van der Waals surface area contributed by atoms with E-state index in [1.54, 1.807) is 0 Å². The molecular weight excluding hydrogens is 407 g/mol. The molecule has 0 N–H and O–H groups in total. The summed E-state index contributed by atoms with van der Waals surface area (Å²) in [6, 6.07) is 4.56. The molecule has 29 heavy (non-hydrogen) atoms. The van der Waals surface area contributed by atoms with Crippen molar-refractivity contribution < 1.29 is 17.9 Å². The van der Waals surface area contributed by atoms with Crippen molar-refractivity contribution in [1.82, 2.24) is 19.9 Å². The Kier molecular flexibility index (Phi) is 4.96. The van der Waals surface area contributed by atoms with Crippen molar-refractivity contribution >= 4 is 22.5 Å². The first-order valence-corrected chi connectivity index (χ1v) is 9.18. The maximum Gasteiger partial charge on any atom is 0.451 e. The average Bonchev–Trinajstić information content (AvgIpc) is 3.51. The van der Waals surface area contributed by atoms with Crippen molar-refractivity contribution in [3.8, 4) is 17.8 Å². The lowest BCUT2D eigenvalue weighted by Gasteiger charge is -2.14. The molecule has 0 aliphatic heterocycles. The van der Waals surface area contributed by atoms with Crippen LogP contribution >= 0.6 is 11.6 Å². The minimum atomic E-state index is -4.70. The number of hydrogen-bond acceptors (Lipinski definition) is 6. The van der Waals surface area contributed by atoms with Gasteiger partial charge in [-0.3, -0.25) is 0 Å². The smallest absolute Gasteiger partial charge is 0.423 e. The van der Waals surface area contributed by atoms with Crippen molar-refractivity contribution in [3.63, 3.8) is 0 Å². The third-order valence-corrected chi connectivity index (χ3v) is 4.70. The SMILES string of the molecule is N#Cc1cc(Oc2ncc(Cl)cn2)c2c(CCC3CC3)nc(C(F)(F)F)nc2c1. The van der Waals surface area contributed by atoms with Gasteiger partial charge in [0.2, 0.25) is 5.82 Å². The number of aryl methyl sites for hydroxylation is 1. The van der Waals surface area contributed by atoms with E-state index in [2.05, 4.69) is 19.9 Å². The van der Waals surface area contributed by atoms with Gasteiger partial charge in [-0.2, -0.15) is 18.4 Å². The highest BCUT2D eigenvalue weighted by atomic mass is 35.5. The van der Waals surface area contributed by atoms with Gasteiger partial charge < -0.3 is 4.74 Å². The molecular formula is C19H13ClF3N5O. The Hall–Kier alpha value is -2.99. The second kappa shape index (κ2) is 7.44. The molecule has 3 aromatic rings. The number of ether oxygens (including phenoxy) is 1. The minimum Gasteiger partial charge on any atom is -0.423 e. The van der Waals surface area contributed by atoms with Crippen molar-refractivity contribution in [1.29, 1.82) is 5.26 Å². The molecule has 4 rings (SSSR count). The number of rotatable bonds is 5. The van der Waals surface area contributed by atoms with E-state index < -0.39 is 12.0 Å². The lowest BCUT2D eigenvalue weighted by Crippen LogP contribution is -2.13. The Morgan fingerprint density at radius 2 is 1.90 bits per heavy atom. The number of benzene rings is 1. The van der Waals surface area contributed by atoms with Crippen LogP contribution < -0.4 is 4.74 Å². The maximum absolute atomic E-state index is 13.3. The second-order valence-electron chi connectivity index (χ2n) is 6.74. The zero-order valence-electron chi connectivity index (χ0n) is 14.9. The summed E-state index contributed by atoms with van der Waals surface area (Å²) in [7, 11) is 0. The highest BCUT2D eigenvalue weighted by molar-refractivity contribution is 6.30. The van der Waals surface area contributed by atoms with Crippen LogP contribution in [0.15, 0.2) is 24.5 Å². The van der Waals surface area contributed by atoms with Crippen LogP contribution in [0.3, 0.4) is 0 Å². The summed E-state index contributed by atoms with van der Waals surface area (Å²) < 4.78 is 45.6. The lowest BCUT2D eigenvalue weighted by molar-refractivity contribution is -0.144. The minimum absolute atomic E-state index is 0.0128. The molecule has 0 amide bonds. The quantitative estimate of drug-likeness (QED) is 0.572. The van der Waals surface area contributed by atoms with E-state index >= 15 is 0 Å². The van der Waals surface area contributed by atoms with Gasteiger partial charge in [0, 0.05) is 0 Å². The summed E-state index contributed by atoms with van der Waals surface area (Å²) >= 11 is 5.77. The van der Waals surface area contributed by atoms with Gasteiger partial charge in [-0.25, -0.2) is 19.9 Å². The van der Waals surface area contributed by atoms with Crippen LogP contribution in [-0.4, -0.2) is 19.9 Å². The summed E-state index contributed by atoms with van der Waals surface area (Å²) in [6.45, 7) is 0. The Morgan fingerprint density at radius 3 is 2.52 bits per heavy atom. The van der Waals surface area contributed by atoms with Crippen LogP contribution in [0, 0.1) is 17.2 Å². The summed E-state index contributed by atoms with van der Waals surface area (Å²) in [4.78, 5) is 15.3. The van der Waals surface area contributed by atoms with Crippen molar-refractivity contribution in [3.05, 3.63) is 46.6 Å².